The van der Waals surface area contributed by atoms with E-state index in [4.69, 9.17) is 32.1 Å². The predicted molar refractivity (Wildman–Crippen MR) is 236 cm³/mol. The number of fused-ring (bicyclic) bond motifs is 3. The fourth-order valence-electron chi connectivity index (χ4n) is 8.86. The first kappa shape index (κ1) is 42.3. The number of likely N-dealkylation sites (tertiary alicyclic amines) is 1. The molecule has 5 aromatic rings. The monoisotopic (exact) mass is 812 g/mol. The number of hydrogen-bond acceptors (Lipinski definition) is 8. The van der Waals surface area contributed by atoms with E-state index in [1.165, 1.54) is 5.56 Å². The molecule has 60 heavy (non-hydrogen) atoms. The van der Waals surface area contributed by atoms with E-state index in [-0.39, 0.29) is 16.7 Å². The minimum Gasteiger partial charge on any atom is -0.497 e. The lowest BCUT2D eigenvalue weighted by atomic mass is 9.85. The standard InChI is InChI=1S/C29H33N3O4.C19H23N3O2/c1-21-18-28(33)32(25-20-23(34-3)5-6-24(21)25)15-11-29(30-2)9-13-31(14-10-29)12-8-22-4-7-26-27(19-22)36-17-16-35-26;1-14-12-18(23)22(17-13-15(24-3)4-5-16(14)17)11-8-19(20-2)6-9-21-10-7-19/h4-7,18-20H,8-17H2,1,3H3;4-5,12-13,21H,6-11H2,1,3H3. The maximum Gasteiger partial charge on any atom is 0.251 e. The second-order valence-corrected chi connectivity index (χ2v) is 16.4. The van der Waals surface area contributed by atoms with Gasteiger partial charge in [0.05, 0.1) is 25.3 Å². The van der Waals surface area contributed by atoms with Gasteiger partial charge in [-0.25, -0.2) is 13.1 Å². The zero-order chi connectivity index (χ0) is 42.3. The lowest BCUT2D eigenvalue weighted by molar-refractivity contribution is 0.170. The van der Waals surface area contributed by atoms with Gasteiger partial charge in [-0.1, -0.05) is 6.07 Å². The van der Waals surface area contributed by atoms with E-state index < -0.39 is 5.54 Å². The SMILES string of the molecule is [C-]#[N+]C1(CCn2c(=O)cc(C)c3ccc(OC)cc32)CCN(CCc2ccc3c(c2)OCCO3)CC1.[C-]#[N+]C1(CCn2c(=O)cc(C)c3ccc(OC)cc32)CCNCC1. The molecule has 3 aliphatic rings. The van der Waals surface area contributed by atoms with Crippen LogP contribution in [0.5, 0.6) is 23.0 Å². The third-order valence-electron chi connectivity index (χ3n) is 12.8. The summed E-state index contributed by atoms with van der Waals surface area (Å²) in [6.45, 7) is 26.3. The molecule has 0 bridgehead atoms. The number of pyridine rings is 2. The molecule has 5 heterocycles. The van der Waals surface area contributed by atoms with Crippen molar-refractivity contribution in [3.05, 3.63) is 127 Å². The van der Waals surface area contributed by atoms with Crippen molar-refractivity contribution in [1.82, 2.24) is 19.4 Å². The van der Waals surface area contributed by atoms with E-state index in [9.17, 15) is 9.59 Å². The van der Waals surface area contributed by atoms with Crippen molar-refractivity contribution in [3.63, 3.8) is 0 Å². The summed E-state index contributed by atoms with van der Waals surface area (Å²) in [7, 11) is 3.26. The first-order valence-electron chi connectivity index (χ1n) is 21.0. The summed E-state index contributed by atoms with van der Waals surface area (Å²) in [4.78, 5) is 35.9. The molecule has 2 saturated heterocycles. The Kier molecular flexibility index (Phi) is 13.1. The molecule has 0 unspecified atom stereocenters. The molecular weight excluding hydrogens is 757 g/mol. The number of piperidine rings is 2. The van der Waals surface area contributed by atoms with Gasteiger partial charge in [0.1, 0.15) is 24.7 Å². The molecule has 0 amide bonds. The minimum absolute atomic E-state index is 0.0117. The van der Waals surface area contributed by atoms with E-state index >= 15 is 0 Å². The first-order chi connectivity index (χ1) is 29.1. The molecule has 12 heteroatoms. The third-order valence-corrected chi connectivity index (χ3v) is 12.8. The Balaban J connectivity index is 0.000000197. The predicted octanol–water partition coefficient (Wildman–Crippen LogP) is 7.23. The highest BCUT2D eigenvalue weighted by atomic mass is 16.6. The Labute approximate surface area is 352 Å². The normalized spacial score (nSPS) is 16.9. The zero-order valence-corrected chi connectivity index (χ0v) is 35.4. The van der Waals surface area contributed by atoms with E-state index in [1.807, 2.05) is 60.9 Å². The van der Waals surface area contributed by atoms with E-state index in [0.717, 1.165) is 121 Å². The summed E-state index contributed by atoms with van der Waals surface area (Å²) in [5, 5.41) is 5.40. The average Bonchev–Trinajstić information content (AvgIpc) is 3.28. The van der Waals surface area contributed by atoms with Gasteiger partial charge in [0.15, 0.2) is 11.5 Å². The number of aryl methyl sites for hydroxylation is 4. The smallest absolute Gasteiger partial charge is 0.251 e. The largest absolute Gasteiger partial charge is 0.497 e. The van der Waals surface area contributed by atoms with Crippen LogP contribution >= 0.6 is 0 Å². The second-order valence-electron chi connectivity index (χ2n) is 16.4. The van der Waals surface area contributed by atoms with Crippen LogP contribution in [-0.2, 0) is 19.5 Å². The first-order valence-corrected chi connectivity index (χ1v) is 21.0. The Hall–Kier alpha value is -5.82. The molecule has 12 nitrogen and oxygen atoms in total. The fraction of sp³-hybridized carbons (Fsp3) is 0.458. The summed E-state index contributed by atoms with van der Waals surface area (Å²) < 4.78 is 25.7. The lowest BCUT2D eigenvalue weighted by Gasteiger charge is -2.34. The topological polar surface area (TPSA) is 105 Å². The van der Waals surface area contributed by atoms with Crippen LogP contribution in [0.25, 0.3) is 31.5 Å². The summed E-state index contributed by atoms with van der Waals surface area (Å²) in [6.07, 6.45) is 5.64. The average molecular weight is 813 g/mol. The minimum atomic E-state index is -0.428. The van der Waals surface area contributed by atoms with E-state index in [2.05, 4.69) is 32.0 Å². The van der Waals surface area contributed by atoms with Gasteiger partial charge < -0.3 is 48.0 Å². The molecule has 8 rings (SSSR count). The summed E-state index contributed by atoms with van der Waals surface area (Å²) >= 11 is 0. The zero-order valence-electron chi connectivity index (χ0n) is 35.4. The number of nitrogens with one attached hydrogen (secondary N) is 1. The van der Waals surface area contributed by atoms with Crippen molar-refractivity contribution in [2.24, 2.45) is 0 Å². The van der Waals surface area contributed by atoms with Crippen LogP contribution in [0.4, 0.5) is 0 Å². The van der Waals surface area contributed by atoms with Gasteiger partial charge in [0, 0.05) is 119 Å². The number of benzene rings is 3. The van der Waals surface area contributed by atoms with Crippen molar-refractivity contribution >= 4 is 21.8 Å². The van der Waals surface area contributed by atoms with Gasteiger partial charge in [-0.3, -0.25) is 9.59 Å². The number of methoxy groups -OCH3 is 2. The quantitative estimate of drug-likeness (QED) is 0.140. The summed E-state index contributed by atoms with van der Waals surface area (Å²) in [5.41, 5.74) is 4.11. The van der Waals surface area contributed by atoms with Crippen molar-refractivity contribution in [3.8, 4) is 23.0 Å². The van der Waals surface area contributed by atoms with Crippen LogP contribution in [0.15, 0.2) is 76.3 Å². The molecule has 0 saturated carbocycles. The number of rotatable bonds is 11. The fourth-order valence-corrected chi connectivity index (χ4v) is 8.86. The van der Waals surface area contributed by atoms with Gasteiger partial charge in [-0.05, 0) is 73.4 Å². The number of hydrogen-bond donors (Lipinski definition) is 1. The highest BCUT2D eigenvalue weighted by Gasteiger charge is 2.40. The highest BCUT2D eigenvalue weighted by molar-refractivity contribution is 5.84. The molecule has 2 aromatic heterocycles. The Bertz CT molecular complexity index is 2530. The van der Waals surface area contributed by atoms with Crippen LogP contribution in [0.1, 0.15) is 55.2 Å². The maximum atomic E-state index is 12.9. The molecule has 314 valence electrons. The Morgan fingerprint density at radius 2 is 1.18 bits per heavy atom. The van der Waals surface area contributed by atoms with Crippen molar-refractivity contribution < 1.29 is 18.9 Å². The van der Waals surface area contributed by atoms with Gasteiger partial charge in [0.2, 0.25) is 11.1 Å². The molecule has 2 fully saturated rings. The van der Waals surface area contributed by atoms with E-state index in [0.29, 0.717) is 39.1 Å². The van der Waals surface area contributed by atoms with Crippen molar-refractivity contribution in [2.45, 2.75) is 83.0 Å². The second kappa shape index (κ2) is 18.6. The molecule has 3 aromatic carbocycles. The van der Waals surface area contributed by atoms with Crippen molar-refractivity contribution in [1.29, 1.82) is 0 Å². The molecular formula is C48H56N6O6. The maximum absolute atomic E-state index is 12.9. The third kappa shape index (κ3) is 9.31. The highest BCUT2D eigenvalue weighted by Crippen LogP contribution is 2.34. The van der Waals surface area contributed by atoms with Gasteiger partial charge in [-0.2, -0.15) is 0 Å². The molecule has 1 N–H and O–H groups in total. The lowest BCUT2D eigenvalue weighted by Crippen LogP contribution is -2.44. The number of ether oxygens (including phenoxy) is 4. The summed E-state index contributed by atoms with van der Waals surface area (Å²) in [6, 6.07) is 21.2. The van der Waals surface area contributed by atoms with Crippen LogP contribution in [0.3, 0.4) is 0 Å². The van der Waals surface area contributed by atoms with Crippen LogP contribution in [-0.4, -0.2) is 85.3 Å². The molecule has 0 spiro atoms. The molecule has 0 atom stereocenters. The number of aromatic nitrogens is 2. The van der Waals surface area contributed by atoms with Crippen LogP contribution in [0, 0.1) is 27.0 Å². The van der Waals surface area contributed by atoms with Crippen LogP contribution in [0.2, 0.25) is 0 Å². The summed E-state index contributed by atoms with van der Waals surface area (Å²) in [5.74, 6) is 3.13. The Morgan fingerprint density at radius 1 is 0.667 bits per heavy atom. The van der Waals surface area contributed by atoms with Gasteiger partial charge >= 0.3 is 0 Å². The molecule has 0 radical (unpaired) electrons. The van der Waals surface area contributed by atoms with Gasteiger partial charge in [-0.15, -0.1) is 0 Å². The van der Waals surface area contributed by atoms with Gasteiger partial charge in [0.25, 0.3) is 11.1 Å². The van der Waals surface area contributed by atoms with E-state index in [1.54, 1.807) is 30.9 Å². The Morgan fingerprint density at radius 3 is 1.70 bits per heavy atom. The molecule has 0 aliphatic carbocycles. The van der Waals surface area contributed by atoms with Crippen LogP contribution < -0.4 is 35.4 Å². The van der Waals surface area contributed by atoms with Crippen molar-refractivity contribution in [2.75, 3.05) is 60.2 Å². The molecule has 3 aliphatic heterocycles. The number of nitrogens with zero attached hydrogens (tertiary/aromatic N) is 5.